The van der Waals surface area contributed by atoms with Crippen LogP contribution in [0.2, 0.25) is 0 Å². The van der Waals surface area contributed by atoms with Gasteiger partial charge in [-0.05, 0) is 103 Å². The van der Waals surface area contributed by atoms with E-state index >= 15 is 0 Å². The Morgan fingerprint density at radius 3 is 1.56 bits per heavy atom. The SMILES string of the molecule is C=CC(=O)NCC(=O)N1CCCc2cccc(-c3cc4nc(-c5cccc(O)c5)nc(N5CCOCC5)c4s3)c21.O=C(/C=C/c1cccs1)CCC(=O)N1CCN(Cc2cc3nc(-c4cccc5[nH]ncc45)nc(N4CCOCC4)c3s2)CC1.O=C(/C=C/c1ncc[nH]1)CCC(=O)N1CCN(Cc2cc3nc(-c4cccc5[nH]ncc45)nc(N4CCOCC4)c3s2)CC1. The summed E-state index contributed by atoms with van der Waals surface area (Å²) in [6, 6.07) is 35.6. The molecule has 4 aromatic carbocycles. The van der Waals surface area contributed by atoms with E-state index in [1.165, 1.54) is 15.8 Å². The zero-order valence-corrected chi connectivity index (χ0v) is 73.7. The quantitative estimate of drug-likeness (QED) is 0.0351. The van der Waals surface area contributed by atoms with Crippen LogP contribution in [0.4, 0.5) is 23.1 Å². The number of aromatic nitrogens is 12. The number of benzene rings is 4. The molecule has 656 valence electrons. The molecule has 35 heteroatoms. The summed E-state index contributed by atoms with van der Waals surface area (Å²) in [6.45, 7) is 19.9. The number of phenolic OH excluding ortho intramolecular Hbond substituents is 1. The number of piperazine rings is 2. The van der Waals surface area contributed by atoms with Gasteiger partial charge in [0.1, 0.15) is 11.6 Å². The van der Waals surface area contributed by atoms with Gasteiger partial charge >= 0.3 is 0 Å². The fourth-order valence-corrected chi connectivity index (χ4v) is 20.7. The highest BCUT2D eigenvalue weighted by Gasteiger charge is 2.32. The van der Waals surface area contributed by atoms with Crippen molar-refractivity contribution < 1.29 is 48.1 Å². The minimum absolute atomic E-state index is 0.0145. The highest BCUT2D eigenvalue weighted by Crippen LogP contribution is 2.46. The smallest absolute Gasteiger partial charge is 0.246 e. The third kappa shape index (κ3) is 20.1. The number of phenols is 1. The number of morpholine rings is 3. The predicted octanol–water partition coefficient (Wildman–Crippen LogP) is 12.5. The van der Waals surface area contributed by atoms with E-state index in [9.17, 15) is 33.9 Å². The van der Waals surface area contributed by atoms with Crippen molar-refractivity contribution in [3.05, 3.63) is 190 Å². The summed E-state index contributed by atoms with van der Waals surface area (Å²) in [5.74, 6) is 4.90. The Kier molecular flexibility index (Phi) is 26.9. The zero-order valence-electron chi connectivity index (χ0n) is 70.4. The van der Waals surface area contributed by atoms with Gasteiger partial charge in [0.25, 0.3) is 0 Å². The number of carbonyl (C=O) groups excluding carboxylic acids is 6. The Morgan fingerprint density at radius 2 is 1.03 bits per heavy atom. The number of ether oxygens (including phenoxy) is 3. The van der Waals surface area contributed by atoms with Crippen molar-refractivity contribution in [3.63, 3.8) is 0 Å². The largest absolute Gasteiger partial charge is 0.508 e. The highest BCUT2D eigenvalue weighted by atomic mass is 32.1. The van der Waals surface area contributed by atoms with Crippen molar-refractivity contribution in [1.29, 1.82) is 0 Å². The first-order valence-electron chi connectivity index (χ1n) is 43.1. The molecule has 0 aliphatic carbocycles. The van der Waals surface area contributed by atoms with Gasteiger partial charge in [-0.3, -0.25) is 48.8 Å². The van der Waals surface area contributed by atoms with Crippen molar-refractivity contribution in [1.82, 2.24) is 85.2 Å². The lowest BCUT2D eigenvalue weighted by Crippen LogP contribution is -2.48. The second-order valence-corrected chi connectivity index (χ2v) is 36.0. The molecule has 0 saturated carbocycles. The van der Waals surface area contributed by atoms with Crippen LogP contribution in [-0.2, 0) is 62.5 Å². The predicted molar refractivity (Wildman–Crippen MR) is 501 cm³/mol. The fraction of sp³-hybridized carbons (Fsp3) is 0.323. The number of carbonyl (C=O) groups is 6. The third-order valence-electron chi connectivity index (χ3n) is 23.3. The van der Waals surface area contributed by atoms with E-state index in [1.807, 2.05) is 100 Å². The summed E-state index contributed by atoms with van der Waals surface area (Å²) in [5, 5.41) is 31.2. The lowest BCUT2D eigenvalue weighted by atomic mass is 9.96. The van der Waals surface area contributed by atoms with E-state index in [4.69, 9.17) is 44.1 Å². The van der Waals surface area contributed by atoms with Crippen LogP contribution in [0.1, 0.15) is 58.1 Å². The normalized spacial score (nSPS) is 16.0. The highest BCUT2D eigenvalue weighted by molar-refractivity contribution is 7.23. The lowest BCUT2D eigenvalue weighted by Gasteiger charge is -2.34. The van der Waals surface area contributed by atoms with Gasteiger partial charge in [0.05, 0.1) is 106 Å². The maximum absolute atomic E-state index is 13.2. The molecule has 0 radical (unpaired) electrons. The number of ketones is 2. The minimum atomic E-state index is -0.375. The second kappa shape index (κ2) is 40.1. The van der Waals surface area contributed by atoms with Gasteiger partial charge in [-0.25, -0.2) is 34.9 Å². The van der Waals surface area contributed by atoms with Gasteiger partial charge in [-0.2, -0.15) is 10.2 Å². The molecular formula is C93H95N21O10S4. The van der Waals surface area contributed by atoms with Crippen molar-refractivity contribution in [2.45, 2.75) is 51.6 Å². The number of fused-ring (bicyclic) bond motifs is 6. The molecule has 31 nitrogen and oxygen atoms in total. The van der Waals surface area contributed by atoms with Gasteiger partial charge in [0.15, 0.2) is 46.5 Å². The molecule has 0 unspecified atom stereocenters. The van der Waals surface area contributed by atoms with Crippen LogP contribution in [-0.4, -0.2) is 265 Å². The molecule has 16 heterocycles. The summed E-state index contributed by atoms with van der Waals surface area (Å²) < 4.78 is 20.0. The number of amides is 4. The molecule has 14 aromatic rings. The van der Waals surface area contributed by atoms with Gasteiger partial charge in [-0.15, -0.1) is 45.3 Å². The molecule has 5 N–H and O–H groups in total. The van der Waals surface area contributed by atoms with Gasteiger partial charge in [0.2, 0.25) is 23.6 Å². The number of hydrogen-bond donors (Lipinski definition) is 5. The topological polar surface area (TPSA) is 352 Å². The molecule has 5 saturated heterocycles. The molecule has 6 aliphatic heterocycles. The molecule has 128 heavy (non-hydrogen) atoms. The Morgan fingerprint density at radius 1 is 0.516 bits per heavy atom. The Hall–Kier alpha value is -12.7. The van der Waals surface area contributed by atoms with Crippen LogP contribution in [0.5, 0.6) is 5.75 Å². The second-order valence-electron chi connectivity index (χ2n) is 31.7. The number of aromatic amines is 3. The number of imidazole rings is 1. The summed E-state index contributed by atoms with van der Waals surface area (Å²) >= 11 is 6.69. The standard InChI is InChI=1S/C32H33N7O3S2.C31H33N9O3S.C30H29N5O4S/c40-22(6-8-23-3-2-18-43-23)7-9-29(41)38-12-10-37(11-13-38)21-24-19-28-30(44-24)32(39-14-16-42-17-15-39)35-31(34-28)25-4-1-5-27-26(25)20-33-36-27;41-21(4-6-27-32-8-9-33-27)5-7-28(42)39-12-10-38(11-13-39)20-22-18-26-29(44-22)31(40-14-16-43-17-15-40)36-30(35-26)23-2-1-3-25-24(23)19-34-37-25;1-2-25(37)31-18-26(38)35-11-5-8-19-6-4-10-22(27(19)35)24-17-23-28(40-24)30(34-12-14-39-15-13-34)33-29(32-23)20-7-3-9-21(36)16-20/h1-6,8,18-20H,7,9-17,21H2,(H,33,36);1-4,6,8-9,18-19H,5,7,10-17,20H2,(H,32,33)(H,34,37);2-4,6-7,9-10,16-17,36H,1,5,8,11-15,18H2,(H,31,37)/b8-6+;6-4+;. The number of anilines is 4. The average molecular weight is 1800 g/mol. The fourth-order valence-electron chi connectivity index (χ4n) is 16.7. The molecular weight excluding hydrogens is 1700 g/mol. The maximum atomic E-state index is 13.2. The van der Waals surface area contributed by atoms with E-state index in [0.717, 1.165) is 211 Å². The molecule has 10 aromatic heterocycles. The van der Waals surface area contributed by atoms with Crippen molar-refractivity contribution in [2.75, 3.05) is 164 Å². The summed E-state index contributed by atoms with van der Waals surface area (Å²) in [7, 11) is 0. The number of allylic oxidation sites excluding steroid dienone is 2. The first-order valence-corrected chi connectivity index (χ1v) is 46.4. The molecule has 6 aliphatic rings. The van der Waals surface area contributed by atoms with Crippen LogP contribution in [0, 0.1) is 0 Å². The number of H-pyrrole nitrogens is 3. The number of aromatic hydroxyl groups is 1. The van der Waals surface area contributed by atoms with E-state index in [2.05, 4.69) is 91.0 Å². The van der Waals surface area contributed by atoms with Crippen LogP contribution >= 0.6 is 45.3 Å². The van der Waals surface area contributed by atoms with E-state index < -0.39 is 0 Å². The van der Waals surface area contributed by atoms with Crippen LogP contribution in [0.3, 0.4) is 0 Å². The summed E-state index contributed by atoms with van der Waals surface area (Å²) in [6.07, 6.45) is 17.3. The van der Waals surface area contributed by atoms with Crippen LogP contribution in [0.15, 0.2) is 164 Å². The average Bonchev–Trinajstić information content (AvgIpc) is 1.57. The number of nitrogens with one attached hydrogen (secondary N) is 4. The van der Waals surface area contributed by atoms with Crippen LogP contribution in [0.25, 0.3) is 109 Å². The van der Waals surface area contributed by atoms with E-state index in [1.54, 1.807) is 93.0 Å². The van der Waals surface area contributed by atoms with Gasteiger partial charge < -0.3 is 59.0 Å². The molecule has 0 atom stereocenters. The van der Waals surface area contributed by atoms with Crippen molar-refractivity contribution >= 4 is 168 Å². The lowest BCUT2D eigenvalue weighted by molar-refractivity contribution is -0.134. The number of aryl methyl sites for hydroxylation is 1. The molecule has 0 bridgehead atoms. The Labute approximate surface area is 752 Å². The van der Waals surface area contributed by atoms with Crippen LogP contribution < -0.4 is 24.9 Å². The van der Waals surface area contributed by atoms with Crippen molar-refractivity contribution in [2.24, 2.45) is 0 Å². The Bertz CT molecular complexity index is 6160. The van der Waals surface area contributed by atoms with Gasteiger partial charge in [-0.1, -0.05) is 67.2 Å². The number of rotatable bonds is 24. The summed E-state index contributed by atoms with van der Waals surface area (Å²) in [4.78, 5) is 134. The monoisotopic (exact) mass is 1790 g/mol. The van der Waals surface area contributed by atoms with Crippen molar-refractivity contribution in [3.8, 4) is 50.4 Å². The molecule has 20 rings (SSSR count). The number of para-hydroxylation sites is 1. The minimum Gasteiger partial charge on any atom is -0.508 e. The first kappa shape index (κ1) is 86.1. The molecule has 5 fully saturated rings. The third-order valence-corrected chi connectivity index (χ3v) is 27.5. The summed E-state index contributed by atoms with van der Waals surface area (Å²) in [5.41, 5.74) is 10.2. The number of nitrogens with zero attached hydrogens (tertiary/aromatic N) is 17. The Balaban J connectivity index is 0.000000130. The number of thiophene rings is 4. The first-order chi connectivity index (χ1) is 62.7. The van der Waals surface area contributed by atoms with Gasteiger partial charge in [0, 0.05) is 202 Å². The van der Waals surface area contributed by atoms with E-state index in [-0.39, 0.29) is 73.2 Å². The molecule has 0 spiro atoms. The maximum Gasteiger partial charge on any atom is 0.246 e. The number of hydrogen-bond acceptors (Lipinski definition) is 28. The molecule has 4 amide bonds. The zero-order chi connectivity index (χ0) is 87.4. The van der Waals surface area contributed by atoms with E-state index in [0.29, 0.717) is 95.7 Å².